The summed E-state index contributed by atoms with van der Waals surface area (Å²) in [7, 11) is 1.32. The molecule has 140 valence electrons. The number of ether oxygens (including phenoxy) is 1. The maximum absolute atomic E-state index is 12.9. The van der Waals surface area contributed by atoms with Gasteiger partial charge in [-0.1, -0.05) is 6.92 Å². The van der Waals surface area contributed by atoms with Crippen LogP contribution in [0, 0.1) is 5.41 Å². The van der Waals surface area contributed by atoms with Crippen LogP contribution in [0.2, 0.25) is 0 Å². The summed E-state index contributed by atoms with van der Waals surface area (Å²) in [6, 6.07) is 6.47. The SMILES string of the molecule is CCN1CCN(C(=O)C2(C(=O)Nc3ccc(C(=O)OC)cc3)CC2)CC1. The van der Waals surface area contributed by atoms with Crippen LogP contribution in [0.25, 0.3) is 0 Å². The van der Waals surface area contributed by atoms with Crippen LogP contribution >= 0.6 is 0 Å². The smallest absolute Gasteiger partial charge is 0.337 e. The minimum absolute atomic E-state index is 0.0584. The molecular weight excluding hydrogens is 334 g/mol. The van der Waals surface area contributed by atoms with E-state index in [1.54, 1.807) is 24.3 Å². The van der Waals surface area contributed by atoms with Crippen molar-refractivity contribution < 1.29 is 19.1 Å². The lowest BCUT2D eigenvalue weighted by atomic mass is 10.0. The first-order valence-corrected chi connectivity index (χ1v) is 9.02. The Morgan fingerprint density at radius 3 is 2.19 bits per heavy atom. The van der Waals surface area contributed by atoms with E-state index < -0.39 is 11.4 Å². The quantitative estimate of drug-likeness (QED) is 0.634. The van der Waals surface area contributed by atoms with Gasteiger partial charge in [0.15, 0.2) is 0 Å². The molecule has 26 heavy (non-hydrogen) atoms. The van der Waals surface area contributed by atoms with Crippen LogP contribution in [-0.4, -0.2) is 67.4 Å². The molecule has 1 saturated heterocycles. The summed E-state index contributed by atoms with van der Waals surface area (Å²) in [6.45, 7) is 6.16. The van der Waals surface area contributed by atoms with Gasteiger partial charge in [0.1, 0.15) is 5.41 Å². The summed E-state index contributed by atoms with van der Waals surface area (Å²) in [5.74, 6) is -0.744. The molecule has 7 heteroatoms. The standard InChI is InChI=1S/C19H25N3O4/c1-3-21-10-12-22(13-11-21)18(25)19(8-9-19)17(24)20-15-6-4-14(5-7-15)16(23)26-2/h4-7H,3,8-13H2,1-2H3,(H,20,24). The number of nitrogens with zero attached hydrogens (tertiary/aromatic N) is 2. The molecule has 0 bridgehead atoms. The zero-order chi connectivity index (χ0) is 18.7. The second-order valence-corrected chi connectivity index (χ2v) is 6.83. The molecule has 1 saturated carbocycles. The average molecular weight is 359 g/mol. The van der Waals surface area contributed by atoms with Crippen molar-refractivity contribution >= 4 is 23.5 Å². The third-order valence-corrected chi connectivity index (χ3v) is 5.26. The molecule has 1 heterocycles. The zero-order valence-electron chi connectivity index (χ0n) is 15.3. The number of carbonyl (C=O) groups excluding carboxylic acids is 3. The molecule has 2 amide bonds. The normalized spacial score (nSPS) is 18.9. The lowest BCUT2D eigenvalue weighted by Gasteiger charge is -2.35. The first-order chi connectivity index (χ1) is 12.5. The van der Waals surface area contributed by atoms with E-state index in [1.807, 2.05) is 4.90 Å². The lowest BCUT2D eigenvalue weighted by Crippen LogP contribution is -2.52. The number of carbonyl (C=O) groups is 3. The van der Waals surface area contributed by atoms with Crippen molar-refractivity contribution in [3.63, 3.8) is 0 Å². The van der Waals surface area contributed by atoms with Crippen molar-refractivity contribution in [1.29, 1.82) is 0 Å². The van der Waals surface area contributed by atoms with Crippen LogP contribution in [-0.2, 0) is 14.3 Å². The van der Waals surface area contributed by atoms with Crippen molar-refractivity contribution in [2.24, 2.45) is 5.41 Å². The van der Waals surface area contributed by atoms with E-state index in [-0.39, 0.29) is 11.8 Å². The number of anilines is 1. The number of piperazine rings is 1. The summed E-state index contributed by atoms with van der Waals surface area (Å²) in [5.41, 5.74) is 0.0594. The Hall–Kier alpha value is -2.41. The van der Waals surface area contributed by atoms with Gasteiger partial charge < -0.3 is 19.9 Å². The van der Waals surface area contributed by atoms with Crippen LogP contribution in [0.4, 0.5) is 5.69 Å². The van der Waals surface area contributed by atoms with Crippen LogP contribution in [0.3, 0.4) is 0 Å². The van der Waals surface area contributed by atoms with Crippen molar-refractivity contribution in [2.75, 3.05) is 45.2 Å². The predicted molar refractivity (Wildman–Crippen MR) is 96.8 cm³/mol. The van der Waals surface area contributed by atoms with Gasteiger partial charge >= 0.3 is 5.97 Å². The van der Waals surface area contributed by atoms with Gasteiger partial charge in [0.2, 0.25) is 11.8 Å². The number of esters is 1. The molecule has 2 fully saturated rings. The number of methoxy groups -OCH3 is 1. The monoisotopic (exact) mass is 359 g/mol. The summed E-state index contributed by atoms with van der Waals surface area (Å²) in [4.78, 5) is 41.2. The number of rotatable bonds is 5. The topological polar surface area (TPSA) is 79.0 Å². The molecule has 1 aromatic carbocycles. The zero-order valence-corrected chi connectivity index (χ0v) is 15.3. The fourth-order valence-corrected chi connectivity index (χ4v) is 3.29. The van der Waals surface area contributed by atoms with Crippen molar-refractivity contribution in [2.45, 2.75) is 19.8 Å². The second kappa shape index (κ2) is 7.45. The second-order valence-electron chi connectivity index (χ2n) is 6.83. The molecule has 1 aliphatic carbocycles. The summed E-state index contributed by atoms with van der Waals surface area (Å²) in [6.07, 6.45) is 1.18. The largest absolute Gasteiger partial charge is 0.465 e. The molecule has 1 aromatic rings. The number of hydrogen-bond acceptors (Lipinski definition) is 5. The van der Waals surface area contributed by atoms with E-state index >= 15 is 0 Å². The number of benzene rings is 1. The third-order valence-electron chi connectivity index (χ3n) is 5.26. The van der Waals surface area contributed by atoms with Gasteiger partial charge in [-0.15, -0.1) is 0 Å². The highest BCUT2D eigenvalue weighted by atomic mass is 16.5. The highest BCUT2D eigenvalue weighted by Gasteiger charge is 2.58. The van der Waals surface area contributed by atoms with Gasteiger partial charge in [-0.25, -0.2) is 4.79 Å². The van der Waals surface area contributed by atoms with Crippen LogP contribution in [0.15, 0.2) is 24.3 Å². The van der Waals surface area contributed by atoms with E-state index in [4.69, 9.17) is 0 Å². The van der Waals surface area contributed by atoms with Gasteiger partial charge in [-0.05, 0) is 43.7 Å². The highest BCUT2D eigenvalue weighted by Crippen LogP contribution is 2.48. The van der Waals surface area contributed by atoms with Gasteiger partial charge in [0, 0.05) is 31.9 Å². The van der Waals surface area contributed by atoms with Crippen molar-refractivity contribution in [3.05, 3.63) is 29.8 Å². The fraction of sp³-hybridized carbons (Fsp3) is 0.526. The Morgan fingerprint density at radius 1 is 1.08 bits per heavy atom. The molecule has 7 nitrogen and oxygen atoms in total. The Balaban J connectivity index is 1.62. The molecule has 0 radical (unpaired) electrons. The Morgan fingerprint density at radius 2 is 1.69 bits per heavy atom. The van der Waals surface area contributed by atoms with Gasteiger partial charge in [0.05, 0.1) is 12.7 Å². The number of amides is 2. The maximum atomic E-state index is 12.9. The molecule has 0 aromatic heterocycles. The highest BCUT2D eigenvalue weighted by molar-refractivity contribution is 6.13. The molecule has 0 unspecified atom stereocenters. The van der Waals surface area contributed by atoms with Crippen LogP contribution in [0.5, 0.6) is 0 Å². The minimum Gasteiger partial charge on any atom is -0.465 e. The Kier molecular flexibility index (Phi) is 5.27. The van der Waals surface area contributed by atoms with E-state index in [2.05, 4.69) is 21.9 Å². The Labute approximate surface area is 153 Å². The molecule has 1 N–H and O–H groups in total. The third kappa shape index (κ3) is 3.58. The summed E-state index contributed by atoms with van der Waals surface area (Å²) in [5, 5.41) is 2.82. The van der Waals surface area contributed by atoms with Gasteiger partial charge in [-0.3, -0.25) is 9.59 Å². The van der Waals surface area contributed by atoms with Crippen LogP contribution < -0.4 is 5.32 Å². The average Bonchev–Trinajstić information content (AvgIpc) is 3.49. The van der Waals surface area contributed by atoms with Gasteiger partial charge in [0.25, 0.3) is 0 Å². The fourth-order valence-electron chi connectivity index (χ4n) is 3.29. The number of nitrogens with one attached hydrogen (secondary N) is 1. The maximum Gasteiger partial charge on any atom is 0.337 e. The van der Waals surface area contributed by atoms with Crippen molar-refractivity contribution in [1.82, 2.24) is 9.80 Å². The van der Waals surface area contributed by atoms with Crippen molar-refractivity contribution in [3.8, 4) is 0 Å². The molecular formula is C19H25N3O4. The molecule has 0 atom stereocenters. The predicted octanol–water partition coefficient (Wildman–Crippen LogP) is 1.36. The van der Waals surface area contributed by atoms with E-state index in [0.29, 0.717) is 37.2 Å². The summed E-state index contributed by atoms with van der Waals surface area (Å²) >= 11 is 0. The lowest BCUT2D eigenvalue weighted by molar-refractivity contribution is -0.143. The van der Waals surface area contributed by atoms with E-state index in [9.17, 15) is 14.4 Å². The number of hydrogen-bond donors (Lipinski definition) is 1. The van der Waals surface area contributed by atoms with Crippen LogP contribution in [0.1, 0.15) is 30.1 Å². The van der Waals surface area contributed by atoms with Gasteiger partial charge in [-0.2, -0.15) is 0 Å². The molecule has 1 aliphatic heterocycles. The summed E-state index contributed by atoms with van der Waals surface area (Å²) < 4.78 is 4.66. The Bertz CT molecular complexity index is 689. The minimum atomic E-state index is -0.921. The van der Waals surface area contributed by atoms with E-state index in [0.717, 1.165) is 19.6 Å². The molecule has 0 spiro atoms. The van der Waals surface area contributed by atoms with E-state index in [1.165, 1.54) is 7.11 Å². The number of likely N-dealkylation sites (N-methyl/N-ethyl adjacent to an activating group) is 1. The first kappa shape index (κ1) is 18.4. The molecule has 3 rings (SSSR count). The first-order valence-electron chi connectivity index (χ1n) is 9.02. The molecule has 2 aliphatic rings.